The Kier molecular flexibility index (Phi) is 6.29. The van der Waals surface area contributed by atoms with Crippen LogP contribution in [-0.2, 0) is 4.74 Å². The molecule has 1 fully saturated rings. The van der Waals surface area contributed by atoms with E-state index in [0.29, 0.717) is 5.84 Å². The number of oxime groups is 1. The fourth-order valence-corrected chi connectivity index (χ4v) is 2.21. The minimum Gasteiger partial charge on any atom is -0.409 e. The molecule has 0 bridgehead atoms. The van der Waals surface area contributed by atoms with Crippen molar-refractivity contribution in [3.05, 3.63) is 0 Å². The lowest BCUT2D eigenvalue weighted by molar-refractivity contribution is 0.0523. The lowest BCUT2D eigenvalue weighted by Gasteiger charge is -2.30. The Morgan fingerprint density at radius 1 is 1.53 bits per heavy atom. The Bertz CT molecular complexity index is 240. The smallest absolute Gasteiger partial charge is 0.143 e. The van der Waals surface area contributed by atoms with E-state index >= 15 is 0 Å². The molecule has 1 heterocycles. The zero-order valence-electron chi connectivity index (χ0n) is 10.9. The van der Waals surface area contributed by atoms with Gasteiger partial charge in [-0.25, -0.2) is 0 Å². The summed E-state index contributed by atoms with van der Waals surface area (Å²) in [4.78, 5) is 2.37. The number of nitrogens with two attached hydrogens (primary N) is 1. The van der Waals surface area contributed by atoms with Gasteiger partial charge in [-0.1, -0.05) is 19.0 Å². The molecule has 0 aromatic heterocycles. The third kappa shape index (κ3) is 4.91. The van der Waals surface area contributed by atoms with E-state index in [9.17, 15) is 0 Å². The first kappa shape index (κ1) is 14.3. The number of nitrogens with zero attached hydrogens (tertiary/aromatic N) is 2. The fourth-order valence-electron chi connectivity index (χ4n) is 2.21. The summed E-state index contributed by atoms with van der Waals surface area (Å²) in [6, 6.07) is 0. The fraction of sp³-hybridized carbons (Fsp3) is 0.917. The van der Waals surface area contributed by atoms with E-state index in [1.54, 1.807) is 0 Å². The van der Waals surface area contributed by atoms with Crippen molar-refractivity contribution < 1.29 is 9.94 Å². The molecule has 0 aromatic rings. The minimum atomic E-state index is 0.0970. The van der Waals surface area contributed by atoms with Gasteiger partial charge in [0.25, 0.3) is 0 Å². The Balaban J connectivity index is 2.36. The third-order valence-electron chi connectivity index (χ3n) is 3.46. The topological polar surface area (TPSA) is 71.1 Å². The van der Waals surface area contributed by atoms with Crippen molar-refractivity contribution in [3.63, 3.8) is 0 Å². The van der Waals surface area contributed by atoms with Crippen LogP contribution in [0.4, 0.5) is 0 Å². The van der Waals surface area contributed by atoms with Gasteiger partial charge in [-0.05, 0) is 25.3 Å². The number of ether oxygens (including phenoxy) is 1. The largest absolute Gasteiger partial charge is 0.409 e. The summed E-state index contributed by atoms with van der Waals surface area (Å²) in [5.41, 5.74) is 5.61. The molecule has 1 aliphatic rings. The highest BCUT2D eigenvalue weighted by atomic mass is 16.5. The molecule has 1 saturated heterocycles. The molecule has 0 spiro atoms. The first-order chi connectivity index (χ1) is 8.17. The van der Waals surface area contributed by atoms with E-state index in [4.69, 9.17) is 15.7 Å². The number of amidine groups is 1. The highest BCUT2D eigenvalue weighted by Gasteiger charge is 2.19. The van der Waals surface area contributed by atoms with Crippen molar-refractivity contribution in [3.8, 4) is 0 Å². The molecular formula is C12H25N3O2. The molecule has 1 unspecified atom stereocenters. The molecule has 0 amide bonds. The first-order valence-electron chi connectivity index (χ1n) is 6.44. The molecule has 0 aliphatic carbocycles. The second-order valence-electron chi connectivity index (χ2n) is 4.83. The summed E-state index contributed by atoms with van der Waals surface area (Å²) in [6.45, 7) is 8.85. The van der Waals surface area contributed by atoms with Crippen molar-refractivity contribution in [1.82, 2.24) is 4.90 Å². The monoisotopic (exact) mass is 243 g/mol. The van der Waals surface area contributed by atoms with Gasteiger partial charge in [0.2, 0.25) is 0 Å². The second-order valence-corrected chi connectivity index (χ2v) is 4.83. The molecular weight excluding hydrogens is 218 g/mol. The molecule has 1 atom stereocenters. The zero-order chi connectivity index (χ0) is 12.7. The van der Waals surface area contributed by atoms with Gasteiger partial charge in [-0.3, -0.25) is 0 Å². The second kappa shape index (κ2) is 7.50. The van der Waals surface area contributed by atoms with Crippen LogP contribution < -0.4 is 5.73 Å². The molecule has 5 nitrogen and oxygen atoms in total. The van der Waals surface area contributed by atoms with Crippen LogP contribution >= 0.6 is 0 Å². The summed E-state index contributed by atoms with van der Waals surface area (Å²) in [6.07, 6.45) is 2.29. The molecule has 3 N–H and O–H groups in total. The molecule has 5 heteroatoms. The molecule has 1 rings (SSSR count). The van der Waals surface area contributed by atoms with Crippen molar-refractivity contribution in [2.45, 2.75) is 26.7 Å². The zero-order valence-corrected chi connectivity index (χ0v) is 10.9. The van der Waals surface area contributed by atoms with Crippen molar-refractivity contribution >= 4 is 5.84 Å². The van der Waals surface area contributed by atoms with Crippen LogP contribution in [0.15, 0.2) is 5.16 Å². The Morgan fingerprint density at radius 3 is 2.71 bits per heavy atom. The van der Waals surface area contributed by atoms with Gasteiger partial charge in [-0.2, -0.15) is 0 Å². The summed E-state index contributed by atoms with van der Waals surface area (Å²) >= 11 is 0. The summed E-state index contributed by atoms with van der Waals surface area (Å²) < 4.78 is 5.36. The Labute approximate surface area is 104 Å². The normalized spacial score (nSPS) is 20.8. The maximum absolute atomic E-state index is 8.64. The quantitative estimate of drug-likeness (QED) is 0.317. The summed E-state index contributed by atoms with van der Waals surface area (Å²) in [7, 11) is 0. The van der Waals surface area contributed by atoms with E-state index < -0.39 is 0 Å². The van der Waals surface area contributed by atoms with Crippen LogP contribution in [0.2, 0.25) is 0 Å². The van der Waals surface area contributed by atoms with Crippen LogP contribution in [0.5, 0.6) is 0 Å². The van der Waals surface area contributed by atoms with Gasteiger partial charge in [0, 0.05) is 32.2 Å². The van der Waals surface area contributed by atoms with Crippen molar-refractivity contribution in [1.29, 1.82) is 0 Å². The van der Waals surface area contributed by atoms with Gasteiger partial charge in [0.1, 0.15) is 5.84 Å². The van der Waals surface area contributed by atoms with E-state index in [1.807, 2.05) is 6.92 Å². The lowest BCUT2D eigenvalue weighted by Crippen LogP contribution is -2.38. The van der Waals surface area contributed by atoms with Gasteiger partial charge >= 0.3 is 0 Å². The van der Waals surface area contributed by atoms with Gasteiger partial charge in [-0.15, -0.1) is 0 Å². The SMILES string of the molecule is CCN(CC1CCOCC1)CC(C)C(N)=NO. The predicted molar refractivity (Wildman–Crippen MR) is 68.2 cm³/mol. The molecule has 0 aromatic carbocycles. The van der Waals surface area contributed by atoms with E-state index in [1.165, 1.54) is 0 Å². The van der Waals surface area contributed by atoms with Crippen LogP contribution in [0.25, 0.3) is 0 Å². The van der Waals surface area contributed by atoms with Crippen LogP contribution in [0.1, 0.15) is 26.7 Å². The number of rotatable bonds is 6. The average molecular weight is 243 g/mol. The van der Waals surface area contributed by atoms with Gasteiger partial charge in [0.05, 0.1) is 0 Å². The number of hydrogen-bond acceptors (Lipinski definition) is 4. The van der Waals surface area contributed by atoms with E-state index in [2.05, 4.69) is 17.0 Å². The highest BCUT2D eigenvalue weighted by Crippen LogP contribution is 2.16. The first-order valence-corrected chi connectivity index (χ1v) is 6.44. The standard InChI is InChI=1S/C12H25N3O2/c1-3-15(8-10(2)12(13)14-16)9-11-4-6-17-7-5-11/h10-11,16H,3-9H2,1-2H3,(H2,13,14). The maximum atomic E-state index is 8.64. The third-order valence-corrected chi connectivity index (χ3v) is 3.46. The van der Waals surface area contributed by atoms with Crippen LogP contribution in [0, 0.1) is 11.8 Å². The Morgan fingerprint density at radius 2 is 2.18 bits per heavy atom. The van der Waals surface area contributed by atoms with E-state index in [-0.39, 0.29) is 5.92 Å². The summed E-state index contributed by atoms with van der Waals surface area (Å²) in [5, 5.41) is 11.7. The van der Waals surface area contributed by atoms with Gasteiger partial charge < -0.3 is 20.6 Å². The molecule has 0 saturated carbocycles. The van der Waals surface area contributed by atoms with E-state index in [0.717, 1.165) is 51.6 Å². The average Bonchev–Trinajstić information content (AvgIpc) is 2.38. The predicted octanol–water partition coefficient (Wildman–Crippen LogP) is 1.12. The van der Waals surface area contributed by atoms with Crippen LogP contribution in [-0.4, -0.2) is 48.8 Å². The molecule has 17 heavy (non-hydrogen) atoms. The molecule has 0 radical (unpaired) electrons. The van der Waals surface area contributed by atoms with Crippen LogP contribution in [0.3, 0.4) is 0 Å². The van der Waals surface area contributed by atoms with Crippen molar-refractivity contribution in [2.75, 3.05) is 32.8 Å². The Hall–Kier alpha value is -0.810. The maximum Gasteiger partial charge on any atom is 0.143 e. The number of hydrogen-bond donors (Lipinski definition) is 2. The molecule has 1 aliphatic heterocycles. The highest BCUT2D eigenvalue weighted by molar-refractivity contribution is 5.82. The minimum absolute atomic E-state index is 0.0970. The molecule has 100 valence electrons. The lowest BCUT2D eigenvalue weighted by atomic mass is 9.99. The van der Waals surface area contributed by atoms with Crippen molar-refractivity contribution in [2.24, 2.45) is 22.7 Å². The summed E-state index contributed by atoms with van der Waals surface area (Å²) in [5.74, 6) is 1.14. The van der Waals surface area contributed by atoms with Gasteiger partial charge in [0.15, 0.2) is 0 Å².